The van der Waals surface area contributed by atoms with Crippen LogP contribution >= 0.6 is 0 Å². The highest BCUT2D eigenvalue weighted by Gasteiger charge is 2.44. The van der Waals surface area contributed by atoms with Gasteiger partial charge in [-0.05, 0) is 51.5 Å². The summed E-state index contributed by atoms with van der Waals surface area (Å²) < 4.78 is 11.1. The van der Waals surface area contributed by atoms with Crippen LogP contribution in [0.3, 0.4) is 0 Å². The highest BCUT2D eigenvalue weighted by atomic mass is 16.5. The molecule has 2 rings (SSSR count). The Kier molecular flexibility index (Phi) is 5.84. The predicted octanol–water partition coefficient (Wildman–Crippen LogP) is 2.10. The summed E-state index contributed by atoms with van der Waals surface area (Å²) in [4.78, 5) is 0. The molecule has 20 heavy (non-hydrogen) atoms. The van der Waals surface area contributed by atoms with Gasteiger partial charge in [0.2, 0.25) is 0 Å². The zero-order valence-electron chi connectivity index (χ0n) is 13.1. The summed E-state index contributed by atoms with van der Waals surface area (Å²) in [5.41, 5.74) is -0.490. The minimum Gasteiger partial charge on any atom is -0.390 e. The molecule has 1 aliphatic heterocycles. The third-order valence-electron chi connectivity index (χ3n) is 5.18. The minimum atomic E-state index is -0.584. The number of hydrogen-bond donors (Lipinski definition) is 2. The maximum absolute atomic E-state index is 10.8. The Morgan fingerprint density at radius 3 is 2.80 bits per heavy atom. The van der Waals surface area contributed by atoms with E-state index in [1.54, 1.807) is 7.11 Å². The second-order valence-electron chi connectivity index (χ2n) is 6.78. The van der Waals surface area contributed by atoms with Crippen molar-refractivity contribution in [2.75, 3.05) is 33.4 Å². The highest BCUT2D eigenvalue weighted by Crippen LogP contribution is 2.45. The van der Waals surface area contributed by atoms with Gasteiger partial charge >= 0.3 is 0 Å². The van der Waals surface area contributed by atoms with E-state index in [2.05, 4.69) is 5.32 Å². The van der Waals surface area contributed by atoms with E-state index in [1.807, 2.05) is 6.92 Å². The average Bonchev–Trinajstić information content (AvgIpc) is 2.86. The molecule has 1 aliphatic carbocycles. The molecular weight excluding hydrogens is 254 g/mol. The third kappa shape index (κ3) is 4.17. The normalized spacial score (nSPS) is 28.6. The van der Waals surface area contributed by atoms with Crippen LogP contribution in [0.5, 0.6) is 0 Å². The molecule has 0 aromatic carbocycles. The van der Waals surface area contributed by atoms with Crippen molar-refractivity contribution in [1.82, 2.24) is 5.32 Å². The van der Waals surface area contributed by atoms with Crippen molar-refractivity contribution in [2.24, 2.45) is 5.92 Å². The molecule has 118 valence electrons. The number of hydrogen-bond acceptors (Lipinski definition) is 4. The first-order valence-corrected chi connectivity index (χ1v) is 8.14. The SMILES string of the molecule is COCCNCCC(C)(O)C1CCOC2(CCCC2)C1. The first-order valence-electron chi connectivity index (χ1n) is 8.14. The molecule has 0 aromatic rings. The predicted molar refractivity (Wildman–Crippen MR) is 79.9 cm³/mol. The molecule has 0 aromatic heterocycles. The molecule has 2 N–H and O–H groups in total. The quantitative estimate of drug-likeness (QED) is 0.703. The molecule has 2 aliphatic rings. The average molecular weight is 285 g/mol. The fraction of sp³-hybridized carbons (Fsp3) is 1.00. The van der Waals surface area contributed by atoms with Crippen molar-refractivity contribution in [2.45, 2.75) is 63.1 Å². The standard InChI is InChI=1S/C16H31NO3/c1-15(18,8-9-17-10-12-19-2)14-5-11-20-16(13-14)6-3-4-7-16/h14,17-18H,3-13H2,1-2H3. The zero-order chi connectivity index (χ0) is 14.5. The van der Waals surface area contributed by atoms with Crippen LogP contribution in [0.1, 0.15) is 51.9 Å². The van der Waals surface area contributed by atoms with Crippen LogP contribution < -0.4 is 5.32 Å². The van der Waals surface area contributed by atoms with Gasteiger partial charge in [0.25, 0.3) is 0 Å². The second-order valence-corrected chi connectivity index (χ2v) is 6.78. The van der Waals surface area contributed by atoms with Crippen molar-refractivity contribution < 1.29 is 14.6 Å². The molecule has 0 radical (unpaired) electrons. The lowest BCUT2D eigenvalue weighted by molar-refractivity contribution is -0.137. The molecule has 2 atom stereocenters. The minimum absolute atomic E-state index is 0.0936. The zero-order valence-corrected chi connectivity index (χ0v) is 13.1. The maximum atomic E-state index is 10.8. The number of ether oxygens (including phenoxy) is 2. The molecule has 0 amide bonds. The molecule has 0 bridgehead atoms. The summed E-state index contributed by atoms with van der Waals surface area (Å²) in [7, 11) is 1.71. The van der Waals surface area contributed by atoms with Crippen molar-refractivity contribution in [3.8, 4) is 0 Å². The van der Waals surface area contributed by atoms with E-state index >= 15 is 0 Å². The van der Waals surface area contributed by atoms with Gasteiger partial charge in [-0.25, -0.2) is 0 Å². The number of methoxy groups -OCH3 is 1. The van der Waals surface area contributed by atoms with E-state index < -0.39 is 5.60 Å². The lowest BCUT2D eigenvalue weighted by Gasteiger charge is -2.44. The third-order valence-corrected chi connectivity index (χ3v) is 5.18. The van der Waals surface area contributed by atoms with Crippen molar-refractivity contribution in [3.63, 3.8) is 0 Å². The number of aliphatic hydroxyl groups is 1. The first-order chi connectivity index (χ1) is 9.58. The van der Waals surface area contributed by atoms with Crippen LogP contribution in [0.15, 0.2) is 0 Å². The van der Waals surface area contributed by atoms with Crippen LogP contribution in [0, 0.1) is 5.92 Å². The van der Waals surface area contributed by atoms with Gasteiger partial charge in [0.05, 0.1) is 17.8 Å². The summed E-state index contributed by atoms with van der Waals surface area (Å²) in [5, 5.41) is 14.1. The Morgan fingerprint density at radius 1 is 1.35 bits per heavy atom. The first kappa shape index (κ1) is 16.2. The van der Waals surface area contributed by atoms with E-state index in [4.69, 9.17) is 9.47 Å². The summed E-state index contributed by atoms with van der Waals surface area (Å²) in [6, 6.07) is 0. The number of rotatable bonds is 7. The van der Waals surface area contributed by atoms with E-state index in [1.165, 1.54) is 25.7 Å². The van der Waals surface area contributed by atoms with Crippen LogP contribution in [-0.2, 0) is 9.47 Å². The molecule has 1 saturated carbocycles. The fourth-order valence-electron chi connectivity index (χ4n) is 3.77. The Bertz CT molecular complexity index is 287. The van der Waals surface area contributed by atoms with E-state index in [9.17, 15) is 5.11 Å². The molecule has 4 heteroatoms. The van der Waals surface area contributed by atoms with Gasteiger partial charge in [0.15, 0.2) is 0 Å². The Labute approximate surface area is 123 Å². The van der Waals surface area contributed by atoms with Gasteiger partial charge in [-0.1, -0.05) is 12.8 Å². The van der Waals surface area contributed by atoms with E-state index in [-0.39, 0.29) is 5.60 Å². The molecule has 2 fully saturated rings. The maximum Gasteiger partial charge on any atom is 0.0686 e. The molecule has 4 nitrogen and oxygen atoms in total. The lowest BCUT2D eigenvalue weighted by Crippen LogP contribution is -2.47. The van der Waals surface area contributed by atoms with Crippen LogP contribution in [0.4, 0.5) is 0 Å². The van der Waals surface area contributed by atoms with E-state index in [0.29, 0.717) is 5.92 Å². The van der Waals surface area contributed by atoms with Crippen molar-refractivity contribution in [1.29, 1.82) is 0 Å². The highest BCUT2D eigenvalue weighted by molar-refractivity contribution is 4.96. The summed E-state index contributed by atoms with van der Waals surface area (Å²) in [5.74, 6) is 0.374. The largest absolute Gasteiger partial charge is 0.390 e. The molecule has 1 heterocycles. The lowest BCUT2D eigenvalue weighted by atomic mass is 9.74. The smallest absolute Gasteiger partial charge is 0.0686 e. The number of nitrogens with one attached hydrogen (secondary N) is 1. The fourth-order valence-corrected chi connectivity index (χ4v) is 3.77. The summed E-state index contributed by atoms with van der Waals surface area (Å²) >= 11 is 0. The van der Waals surface area contributed by atoms with E-state index in [0.717, 1.165) is 45.6 Å². The molecule has 2 unspecified atom stereocenters. The van der Waals surface area contributed by atoms with Gasteiger partial charge in [-0.15, -0.1) is 0 Å². The Morgan fingerprint density at radius 2 is 2.10 bits per heavy atom. The Balaban J connectivity index is 1.78. The summed E-state index contributed by atoms with van der Waals surface area (Å²) in [6.07, 6.45) is 7.78. The van der Waals surface area contributed by atoms with Gasteiger partial charge in [0, 0.05) is 20.3 Å². The van der Waals surface area contributed by atoms with Crippen LogP contribution in [0.2, 0.25) is 0 Å². The molecular formula is C16H31NO3. The molecule has 1 spiro atoms. The van der Waals surface area contributed by atoms with Gasteiger partial charge < -0.3 is 19.9 Å². The monoisotopic (exact) mass is 285 g/mol. The Hall–Kier alpha value is -0.160. The van der Waals surface area contributed by atoms with Gasteiger partial charge in [0.1, 0.15) is 0 Å². The van der Waals surface area contributed by atoms with Crippen molar-refractivity contribution in [3.05, 3.63) is 0 Å². The van der Waals surface area contributed by atoms with Gasteiger partial charge in [-0.2, -0.15) is 0 Å². The molecule has 1 saturated heterocycles. The topological polar surface area (TPSA) is 50.7 Å². The van der Waals surface area contributed by atoms with Crippen LogP contribution in [0.25, 0.3) is 0 Å². The van der Waals surface area contributed by atoms with Crippen LogP contribution in [-0.4, -0.2) is 49.7 Å². The second kappa shape index (κ2) is 7.21. The van der Waals surface area contributed by atoms with Gasteiger partial charge in [-0.3, -0.25) is 0 Å². The summed E-state index contributed by atoms with van der Waals surface area (Å²) in [6.45, 7) is 5.25. The van der Waals surface area contributed by atoms with Crippen molar-refractivity contribution >= 4 is 0 Å².